The Hall–Kier alpha value is -0.810. The van der Waals surface area contributed by atoms with Crippen LogP contribution in [0.1, 0.15) is 12.8 Å². The molecule has 2 N–H and O–H groups in total. The molecule has 1 fully saturated rings. The van der Waals surface area contributed by atoms with E-state index >= 15 is 0 Å². The summed E-state index contributed by atoms with van der Waals surface area (Å²) in [4.78, 5) is 21.7. The molecule has 0 aromatic rings. The molecule has 1 heterocycles. The SMILES string of the molecule is COC(=O)[C@H]1CCN[C@H](C(=O)O)C1.Cl. The molecule has 0 radical (unpaired) electrons. The fourth-order valence-electron chi connectivity index (χ4n) is 1.49. The number of esters is 1. The van der Waals surface area contributed by atoms with Gasteiger partial charge >= 0.3 is 11.9 Å². The number of carbonyl (C=O) groups is 2. The maximum atomic E-state index is 11.1. The van der Waals surface area contributed by atoms with Crippen molar-refractivity contribution in [1.29, 1.82) is 0 Å². The van der Waals surface area contributed by atoms with Gasteiger partial charge in [-0.15, -0.1) is 12.4 Å². The lowest BCUT2D eigenvalue weighted by Crippen LogP contribution is -2.45. The standard InChI is InChI=1S/C8H13NO4.ClH/c1-13-8(12)5-2-3-9-6(4-5)7(10)11;/h5-6,9H,2-4H2,1H3,(H,10,11);1H/t5-,6-;/m0./s1. The Morgan fingerprint density at radius 3 is 2.64 bits per heavy atom. The number of carboxylic acids is 1. The number of carboxylic acid groups (broad SMARTS) is 1. The lowest BCUT2D eigenvalue weighted by Gasteiger charge is -2.25. The third-order valence-electron chi connectivity index (χ3n) is 2.24. The Kier molecular flexibility index (Phi) is 5.49. The summed E-state index contributed by atoms with van der Waals surface area (Å²) >= 11 is 0. The van der Waals surface area contributed by atoms with Crippen LogP contribution >= 0.6 is 12.4 Å². The zero-order valence-electron chi connectivity index (χ0n) is 7.86. The third kappa shape index (κ3) is 3.16. The van der Waals surface area contributed by atoms with Gasteiger partial charge in [-0.3, -0.25) is 9.59 Å². The molecule has 1 saturated heterocycles. The predicted molar refractivity (Wildman–Crippen MR) is 51.4 cm³/mol. The summed E-state index contributed by atoms with van der Waals surface area (Å²) < 4.78 is 4.56. The van der Waals surface area contributed by atoms with Crippen LogP contribution in [-0.2, 0) is 14.3 Å². The highest BCUT2D eigenvalue weighted by Crippen LogP contribution is 2.17. The lowest BCUT2D eigenvalue weighted by molar-refractivity contribution is -0.148. The van der Waals surface area contributed by atoms with Crippen LogP contribution in [0.3, 0.4) is 0 Å². The molecule has 0 unspecified atom stereocenters. The molecule has 0 spiro atoms. The average molecular weight is 224 g/mol. The summed E-state index contributed by atoms with van der Waals surface area (Å²) in [5.74, 6) is -1.49. The highest BCUT2D eigenvalue weighted by atomic mass is 35.5. The first-order valence-electron chi connectivity index (χ1n) is 4.19. The number of ether oxygens (including phenoxy) is 1. The van der Waals surface area contributed by atoms with Gasteiger partial charge in [-0.1, -0.05) is 0 Å². The minimum atomic E-state index is -0.909. The molecule has 6 heteroatoms. The summed E-state index contributed by atoms with van der Waals surface area (Å²) in [6.07, 6.45) is 0.971. The number of carbonyl (C=O) groups excluding carboxylic acids is 1. The molecule has 1 rings (SSSR count). The van der Waals surface area contributed by atoms with Crippen LogP contribution < -0.4 is 5.32 Å². The largest absolute Gasteiger partial charge is 0.480 e. The lowest BCUT2D eigenvalue weighted by atomic mass is 9.93. The molecule has 0 aliphatic carbocycles. The van der Waals surface area contributed by atoms with Crippen molar-refractivity contribution in [1.82, 2.24) is 5.32 Å². The van der Waals surface area contributed by atoms with Crippen LogP contribution in [0.15, 0.2) is 0 Å². The summed E-state index contributed by atoms with van der Waals surface area (Å²) in [6.45, 7) is 0.552. The second kappa shape index (κ2) is 5.82. The quantitative estimate of drug-likeness (QED) is 0.647. The molecule has 82 valence electrons. The minimum absolute atomic E-state index is 0. The van der Waals surface area contributed by atoms with Crippen molar-refractivity contribution in [3.63, 3.8) is 0 Å². The van der Waals surface area contributed by atoms with Gasteiger partial charge in [0.15, 0.2) is 0 Å². The summed E-state index contributed by atoms with van der Waals surface area (Å²) in [5, 5.41) is 11.5. The van der Waals surface area contributed by atoms with Gasteiger partial charge in [0.1, 0.15) is 6.04 Å². The molecule has 0 aromatic heterocycles. The van der Waals surface area contributed by atoms with Crippen molar-refractivity contribution in [3.8, 4) is 0 Å². The Morgan fingerprint density at radius 2 is 2.14 bits per heavy atom. The van der Waals surface area contributed by atoms with E-state index < -0.39 is 12.0 Å². The molecule has 2 atom stereocenters. The van der Waals surface area contributed by atoms with E-state index in [1.54, 1.807) is 0 Å². The normalized spacial score (nSPS) is 26.1. The molecule has 0 bridgehead atoms. The Balaban J connectivity index is 0.00000169. The zero-order valence-corrected chi connectivity index (χ0v) is 8.67. The van der Waals surface area contributed by atoms with E-state index in [-0.39, 0.29) is 24.3 Å². The monoisotopic (exact) mass is 223 g/mol. The van der Waals surface area contributed by atoms with Gasteiger partial charge in [0, 0.05) is 0 Å². The topological polar surface area (TPSA) is 75.6 Å². The first-order chi connectivity index (χ1) is 6.15. The smallest absolute Gasteiger partial charge is 0.320 e. The molecule has 0 saturated carbocycles. The first-order valence-corrected chi connectivity index (χ1v) is 4.19. The summed E-state index contributed by atoms with van der Waals surface area (Å²) in [7, 11) is 1.32. The highest BCUT2D eigenvalue weighted by Gasteiger charge is 2.30. The van der Waals surface area contributed by atoms with Gasteiger partial charge in [0.05, 0.1) is 13.0 Å². The van der Waals surface area contributed by atoms with Crippen LogP contribution in [0.2, 0.25) is 0 Å². The predicted octanol–water partition coefficient (Wildman–Crippen LogP) is 0.0340. The summed E-state index contributed by atoms with van der Waals surface area (Å²) in [5.41, 5.74) is 0. The Morgan fingerprint density at radius 1 is 1.50 bits per heavy atom. The van der Waals surface area contributed by atoms with Crippen LogP contribution in [0, 0.1) is 5.92 Å². The van der Waals surface area contributed by atoms with E-state index in [0.717, 1.165) is 0 Å². The number of methoxy groups -OCH3 is 1. The molecule has 5 nitrogen and oxygen atoms in total. The van der Waals surface area contributed by atoms with Crippen molar-refractivity contribution in [2.75, 3.05) is 13.7 Å². The molecule has 0 aromatic carbocycles. The number of halogens is 1. The number of aliphatic carboxylic acids is 1. The van der Waals surface area contributed by atoms with Crippen molar-refractivity contribution >= 4 is 24.3 Å². The number of rotatable bonds is 2. The summed E-state index contributed by atoms with van der Waals surface area (Å²) in [6, 6.07) is -0.613. The third-order valence-corrected chi connectivity index (χ3v) is 2.24. The minimum Gasteiger partial charge on any atom is -0.480 e. The van der Waals surface area contributed by atoms with E-state index in [0.29, 0.717) is 19.4 Å². The second-order valence-corrected chi connectivity index (χ2v) is 3.09. The first kappa shape index (κ1) is 13.2. The van der Waals surface area contributed by atoms with Crippen LogP contribution in [0.4, 0.5) is 0 Å². The van der Waals surface area contributed by atoms with Crippen LogP contribution in [0.25, 0.3) is 0 Å². The molecule has 14 heavy (non-hydrogen) atoms. The fraction of sp³-hybridized carbons (Fsp3) is 0.750. The van der Waals surface area contributed by atoms with Crippen molar-refractivity contribution in [3.05, 3.63) is 0 Å². The average Bonchev–Trinajstić information content (AvgIpc) is 2.17. The number of nitrogens with one attached hydrogen (secondary N) is 1. The van der Waals surface area contributed by atoms with Gasteiger partial charge in [0.25, 0.3) is 0 Å². The molecule has 1 aliphatic heterocycles. The van der Waals surface area contributed by atoms with E-state index in [1.165, 1.54) is 7.11 Å². The number of piperidine rings is 1. The number of hydrogen-bond donors (Lipinski definition) is 2. The van der Waals surface area contributed by atoms with E-state index in [2.05, 4.69) is 10.1 Å². The molecule has 0 amide bonds. The van der Waals surface area contributed by atoms with Crippen molar-refractivity contribution < 1.29 is 19.4 Å². The highest BCUT2D eigenvalue weighted by molar-refractivity contribution is 5.85. The van der Waals surface area contributed by atoms with Gasteiger partial charge < -0.3 is 15.2 Å². The maximum absolute atomic E-state index is 11.1. The van der Waals surface area contributed by atoms with Crippen LogP contribution in [-0.4, -0.2) is 36.7 Å². The Labute approximate surface area is 88.2 Å². The molecule has 1 aliphatic rings. The van der Waals surface area contributed by atoms with Gasteiger partial charge in [-0.25, -0.2) is 0 Å². The zero-order chi connectivity index (χ0) is 9.84. The van der Waals surface area contributed by atoms with E-state index in [4.69, 9.17) is 5.11 Å². The maximum Gasteiger partial charge on any atom is 0.320 e. The fourth-order valence-corrected chi connectivity index (χ4v) is 1.49. The number of hydrogen-bond acceptors (Lipinski definition) is 4. The second-order valence-electron chi connectivity index (χ2n) is 3.09. The van der Waals surface area contributed by atoms with Gasteiger partial charge in [0.2, 0.25) is 0 Å². The van der Waals surface area contributed by atoms with Gasteiger partial charge in [-0.05, 0) is 19.4 Å². The molecular formula is C8H14ClNO4. The van der Waals surface area contributed by atoms with Crippen LogP contribution in [0.5, 0.6) is 0 Å². The van der Waals surface area contributed by atoms with E-state index in [9.17, 15) is 9.59 Å². The molecular weight excluding hydrogens is 210 g/mol. The van der Waals surface area contributed by atoms with Crippen molar-refractivity contribution in [2.45, 2.75) is 18.9 Å². The van der Waals surface area contributed by atoms with E-state index in [1.807, 2.05) is 0 Å². The Bertz CT molecular complexity index is 221. The van der Waals surface area contributed by atoms with Gasteiger partial charge in [-0.2, -0.15) is 0 Å². The van der Waals surface area contributed by atoms with Crippen molar-refractivity contribution in [2.24, 2.45) is 5.92 Å².